The standard InChI is InChI=1S/C15H30N2O/c1-4-15(5-2)12-17(13(3)8-9-16-15)11-14-7-6-10-18-14/h13-14,16H,4-12H2,1-3H3. The van der Waals surface area contributed by atoms with Gasteiger partial charge in [0.15, 0.2) is 0 Å². The van der Waals surface area contributed by atoms with Gasteiger partial charge in [-0.05, 0) is 45.6 Å². The molecule has 0 amide bonds. The van der Waals surface area contributed by atoms with E-state index in [1.54, 1.807) is 0 Å². The van der Waals surface area contributed by atoms with Crippen molar-refractivity contribution in [3.63, 3.8) is 0 Å². The number of hydrogen-bond acceptors (Lipinski definition) is 3. The number of nitrogens with zero attached hydrogens (tertiary/aromatic N) is 1. The zero-order valence-corrected chi connectivity index (χ0v) is 12.4. The molecule has 2 aliphatic heterocycles. The molecule has 1 N–H and O–H groups in total. The Morgan fingerprint density at radius 1 is 1.28 bits per heavy atom. The first-order valence-corrected chi connectivity index (χ1v) is 7.80. The van der Waals surface area contributed by atoms with Crippen molar-refractivity contribution in [3.8, 4) is 0 Å². The predicted molar refractivity (Wildman–Crippen MR) is 75.9 cm³/mol. The maximum Gasteiger partial charge on any atom is 0.0702 e. The van der Waals surface area contributed by atoms with Gasteiger partial charge in [-0.15, -0.1) is 0 Å². The molecule has 0 radical (unpaired) electrons. The molecule has 2 saturated heterocycles. The van der Waals surface area contributed by atoms with Gasteiger partial charge in [0.25, 0.3) is 0 Å². The smallest absolute Gasteiger partial charge is 0.0702 e. The largest absolute Gasteiger partial charge is 0.377 e. The summed E-state index contributed by atoms with van der Waals surface area (Å²) in [6.45, 7) is 11.4. The zero-order valence-electron chi connectivity index (χ0n) is 12.4. The number of nitrogens with one attached hydrogen (secondary N) is 1. The quantitative estimate of drug-likeness (QED) is 0.834. The first kappa shape index (κ1) is 14.3. The molecule has 0 aromatic carbocycles. The van der Waals surface area contributed by atoms with Gasteiger partial charge in [0.1, 0.15) is 0 Å². The minimum Gasteiger partial charge on any atom is -0.377 e. The average Bonchev–Trinajstić information content (AvgIpc) is 2.83. The van der Waals surface area contributed by atoms with Crippen molar-refractivity contribution in [2.75, 3.05) is 26.2 Å². The van der Waals surface area contributed by atoms with Crippen LogP contribution in [0.4, 0.5) is 0 Å². The van der Waals surface area contributed by atoms with Gasteiger partial charge in [0.2, 0.25) is 0 Å². The lowest BCUT2D eigenvalue weighted by atomic mass is 9.92. The molecule has 0 aromatic rings. The number of ether oxygens (including phenoxy) is 1. The highest BCUT2D eigenvalue weighted by Gasteiger charge is 2.34. The van der Waals surface area contributed by atoms with Crippen LogP contribution in [0.5, 0.6) is 0 Å². The van der Waals surface area contributed by atoms with Crippen LogP contribution in [-0.4, -0.2) is 48.8 Å². The van der Waals surface area contributed by atoms with Crippen molar-refractivity contribution >= 4 is 0 Å². The van der Waals surface area contributed by atoms with Crippen molar-refractivity contribution in [3.05, 3.63) is 0 Å². The third-order valence-electron chi connectivity index (χ3n) is 5.01. The predicted octanol–water partition coefficient (Wildman–Crippen LogP) is 2.41. The monoisotopic (exact) mass is 254 g/mol. The van der Waals surface area contributed by atoms with Crippen LogP contribution in [0.25, 0.3) is 0 Å². The lowest BCUT2D eigenvalue weighted by molar-refractivity contribution is 0.0508. The third kappa shape index (κ3) is 3.25. The Labute approximate surface area is 112 Å². The molecule has 0 bridgehead atoms. The first-order valence-electron chi connectivity index (χ1n) is 7.80. The Hall–Kier alpha value is -0.120. The Balaban J connectivity index is 2.00. The van der Waals surface area contributed by atoms with E-state index in [0.717, 1.165) is 19.7 Å². The summed E-state index contributed by atoms with van der Waals surface area (Å²) in [4.78, 5) is 2.67. The summed E-state index contributed by atoms with van der Waals surface area (Å²) in [5.41, 5.74) is 0.323. The van der Waals surface area contributed by atoms with Gasteiger partial charge in [0.05, 0.1) is 6.10 Å². The summed E-state index contributed by atoms with van der Waals surface area (Å²) in [6.07, 6.45) is 6.68. The second-order valence-electron chi connectivity index (χ2n) is 6.12. The lowest BCUT2D eigenvalue weighted by Gasteiger charge is -2.38. The molecule has 2 atom stereocenters. The Morgan fingerprint density at radius 2 is 2.06 bits per heavy atom. The minimum absolute atomic E-state index is 0.323. The molecule has 2 unspecified atom stereocenters. The van der Waals surface area contributed by atoms with Crippen LogP contribution in [0.1, 0.15) is 52.9 Å². The van der Waals surface area contributed by atoms with Gasteiger partial charge in [0, 0.05) is 31.3 Å². The Kier molecular flexibility index (Phi) is 5.05. The van der Waals surface area contributed by atoms with Gasteiger partial charge in [-0.25, -0.2) is 0 Å². The second kappa shape index (κ2) is 6.36. The summed E-state index contributed by atoms with van der Waals surface area (Å²) in [7, 11) is 0. The van der Waals surface area contributed by atoms with Gasteiger partial charge in [-0.1, -0.05) is 13.8 Å². The maximum atomic E-state index is 5.82. The van der Waals surface area contributed by atoms with Crippen molar-refractivity contribution in [1.82, 2.24) is 10.2 Å². The molecule has 2 aliphatic rings. The van der Waals surface area contributed by atoms with Crippen molar-refractivity contribution in [1.29, 1.82) is 0 Å². The fraction of sp³-hybridized carbons (Fsp3) is 1.00. The van der Waals surface area contributed by atoms with E-state index in [0.29, 0.717) is 17.7 Å². The van der Waals surface area contributed by atoms with Crippen molar-refractivity contribution < 1.29 is 4.74 Å². The summed E-state index contributed by atoms with van der Waals surface area (Å²) >= 11 is 0. The van der Waals surface area contributed by atoms with Crippen LogP contribution in [0.15, 0.2) is 0 Å². The fourth-order valence-electron chi connectivity index (χ4n) is 3.35. The summed E-state index contributed by atoms with van der Waals surface area (Å²) in [6, 6.07) is 0.682. The molecule has 2 heterocycles. The van der Waals surface area contributed by atoms with E-state index in [1.165, 1.54) is 38.6 Å². The molecule has 0 saturated carbocycles. The number of rotatable bonds is 4. The lowest BCUT2D eigenvalue weighted by Crippen LogP contribution is -2.52. The highest BCUT2D eigenvalue weighted by molar-refractivity contribution is 4.93. The van der Waals surface area contributed by atoms with E-state index < -0.39 is 0 Å². The Morgan fingerprint density at radius 3 is 2.67 bits per heavy atom. The average molecular weight is 254 g/mol. The normalized spacial score (nSPS) is 33.5. The summed E-state index contributed by atoms with van der Waals surface area (Å²) < 4.78 is 5.82. The minimum atomic E-state index is 0.323. The first-order chi connectivity index (χ1) is 8.69. The molecule has 0 aliphatic carbocycles. The zero-order chi connectivity index (χ0) is 13.0. The van der Waals surface area contributed by atoms with Gasteiger partial charge in [-0.2, -0.15) is 0 Å². The summed E-state index contributed by atoms with van der Waals surface area (Å²) in [5, 5.41) is 3.80. The second-order valence-corrected chi connectivity index (χ2v) is 6.12. The molecule has 3 heteroatoms. The highest BCUT2D eigenvalue weighted by Crippen LogP contribution is 2.24. The highest BCUT2D eigenvalue weighted by atomic mass is 16.5. The third-order valence-corrected chi connectivity index (χ3v) is 5.01. The van der Waals surface area contributed by atoms with Gasteiger partial charge < -0.3 is 10.1 Å². The van der Waals surface area contributed by atoms with Crippen molar-refractivity contribution in [2.45, 2.75) is 70.6 Å². The van der Waals surface area contributed by atoms with E-state index >= 15 is 0 Å². The van der Waals surface area contributed by atoms with Crippen LogP contribution in [0.3, 0.4) is 0 Å². The van der Waals surface area contributed by atoms with Crippen LogP contribution in [0, 0.1) is 0 Å². The SMILES string of the molecule is CCC1(CC)CN(CC2CCCO2)C(C)CCN1. The fourth-order valence-corrected chi connectivity index (χ4v) is 3.35. The van der Waals surface area contributed by atoms with E-state index in [9.17, 15) is 0 Å². The maximum absolute atomic E-state index is 5.82. The number of hydrogen-bond donors (Lipinski definition) is 1. The van der Waals surface area contributed by atoms with E-state index in [2.05, 4.69) is 31.0 Å². The van der Waals surface area contributed by atoms with Crippen LogP contribution >= 0.6 is 0 Å². The molecule has 106 valence electrons. The molecular weight excluding hydrogens is 224 g/mol. The molecule has 18 heavy (non-hydrogen) atoms. The van der Waals surface area contributed by atoms with Crippen LogP contribution in [0.2, 0.25) is 0 Å². The molecular formula is C15H30N2O. The van der Waals surface area contributed by atoms with Crippen molar-refractivity contribution in [2.24, 2.45) is 0 Å². The molecule has 2 fully saturated rings. The van der Waals surface area contributed by atoms with E-state index in [-0.39, 0.29) is 0 Å². The van der Waals surface area contributed by atoms with Gasteiger partial charge in [-0.3, -0.25) is 4.90 Å². The molecule has 3 nitrogen and oxygen atoms in total. The summed E-state index contributed by atoms with van der Waals surface area (Å²) in [5.74, 6) is 0. The van der Waals surface area contributed by atoms with Crippen LogP contribution < -0.4 is 5.32 Å². The van der Waals surface area contributed by atoms with Gasteiger partial charge >= 0.3 is 0 Å². The topological polar surface area (TPSA) is 24.5 Å². The van der Waals surface area contributed by atoms with Crippen LogP contribution in [-0.2, 0) is 4.74 Å². The molecule has 2 rings (SSSR count). The molecule has 0 aromatic heterocycles. The van der Waals surface area contributed by atoms with E-state index in [1.807, 2.05) is 0 Å². The molecule has 0 spiro atoms. The van der Waals surface area contributed by atoms with E-state index in [4.69, 9.17) is 4.74 Å². The Bertz CT molecular complexity index is 247.